The van der Waals surface area contributed by atoms with E-state index in [0.29, 0.717) is 11.9 Å². The third-order valence-electron chi connectivity index (χ3n) is 5.19. The first-order valence-electron chi connectivity index (χ1n) is 9.36. The summed E-state index contributed by atoms with van der Waals surface area (Å²) < 4.78 is 0. The second-order valence-corrected chi connectivity index (χ2v) is 7.43. The minimum atomic E-state index is 0.125. The molecule has 0 spiro atoms. The van der Waals surface area contributed by atoms with Crippen molar-refractivity contribution >= 4 is 5.91 Å². The van der Waals surface area contributed by atoms with Crippen LogP contribution in [-0.2, 0) is 4.79 Å². The summed E-state index contributed by atoms with van der Waals surface area (Å²) in [5.41, 5.74) is 0. The molecule has 1 saturated carbocycles. The normalized spacial score (nSPS) is 20.5. The molecule has 3 heteroatoms. The van der Waals surface area contributed by atoms with Crippen LogP contribution in [0.1, 0.15) is 65.7 Å². The minimum Gasteiger partial charge on any atom is -0.342 e. The Bertz CT molecular complexity index is 372. The highest BCUT2D eigenvalue weighted by atomic mass is 16.2. The van der Waals surface area contributed by atoms with E-state index in [1.165, 1.54) is 51.7 Å². The second kappa shape index (κ2) is 10.7. The van der Waals surface area contributed by atoms with Gasteiger partial charge in [-0.25, -0.2) is 0 Å². The van der Waals surface area contributed by atoms with Crippen molar-refractivity contribution < 1.29 is 4.79 Å². The van der Waals surface area contributed by atoms with Gasteiger partial charge in [-0.3, -0.25) is 4.79 Å². The molecule has 2 rings (SSSR count). The van der Waals surface area contributed by atoms with Gasteiger partial charge in [-0.15, -0.1) is 12.3 Å². The number of likely N-dealkylation sites (tertiary alicyclic amines) is 1. The Balaban J connectivity index is 0.000000816. The number of nitrogens with zero attached hydrogens (tertiary/aromatic N) is 2. The first-order valence-corrected chi connectivity index (χ1v) is 9.36. The summed E-state index contributed by atoms with van der Waals surface area (Å²) >= 11 is 0. The molecule has 1 amide bonds. The van der Waals surface area contributed by atoms with Crippen molar-refractivity contribution in [3.63, 3.8) is 0 Å². The zero-order chi connectivity index (χ0) is 17.2. The van der Waals surface area contributed by atoms with Gasteiger partial charge >= 0.3 is 0 Å². The first kappa shape index (κ1) is 20.0. The SMILES string of the molecule is C#CC.CC(C)C(=O)N(C)C1CCN(CC2CCCCC2)CC1. The van der Waals surface area contributed by atoms with E-state index in [1.807, 2.05) is 25.8 Å². The van der Waals surface area contributed by atoms with Crippen LogP contribution < -0.4 is 0 Å². The molecule has 2 fully saturated rings. The molecular weight excluding hydrogens is 284 g/mol. The van der Waals surface area contributed by atoms with Crippen molar-refractivity contribution in [1.82, 2.24) is 9.80 Å². The van der Waals surface area contributed by atoms with Gasteiger partial charge in [-0.2, -0.15) is 0 Å². The molecule has 0 bridgehead atoms. The first-order chi connectivity index (χ1) is 11.0. The van der Waals surface area contributed by atoms with Crippen LogP contribution in [0.15, 0.2) is 0 Å². The molecule has 1 heterocycles. The number of hydrogen-bond donors (Lipinski definition) is 0. The fourth-order valence-corrected chi connectivity index (χ4v) is 3.81. The molecule has 0 atom stereocenters. The van der Waals surface area contributed by atoms with Crippen molar-refractivity contribution in [3.05, 3.63) is 0 Å². The summed E-state index contributed by atoms with van der Waals surface area (Å²) in [6.07, 6.45) is 14.1. The van der Waals surface area contributed by atoms with E-state index in [4.69, 9.17) is 0 Å². The minimum absolute atomic E-state index is 0.125. The van der Waals surface area contributed by atoms with Crippen molar-refractivity contribution in [1.29, 1.82) is 0 Å². The van der Waals surface area contributed by atoms with Gasteiger partial charge in [0, 0.05) is 38.6 Å². The number of rotatable bonds is 4. The van der Waals surface area contributed by atoms with E-state index in [9.17, 15) is 4.79 Å². The summed E-state index contributed by atoms with van der Waals surface area (Å²) in [7, 11) is 1.99. The van der Waals surface area contributed by atoms with Crippen molar-refractivity contribution in [2.75, 3.05) is 26.7 Å². The van der Waals surface area contributed by atoms with Crippen LogP contribution in [0.25, 0.3) is 0 Å². The van der Waals surface area contributed by atoms with E-state index >= 15 is 0 Å². The topological polar surface area (TPSA) is 23.6 Å². The zero-order valence-corrected chi connectivity index (χ0v) is 15.7. The lowest BCUT2D eigenvalue weighted by molar-refractivity contribution is -0.136. The molecule has 2 aliphatic rings. The molecule has 1 aliphatic heterocycles. The summed E-state index contributed by atoms with van der Waals surface area (Å²) in [6, 6.07) is 0.465. The quantitative estimate of drug-likeness (QED) is 0.736. The second-order valence-electron chi connectivity index (χ2n) is 7.43. The van der Waals surface area contributed by atoms with Crippen LogP contribution in [0.3, 0.4) is 0 Å². The molecule has 0 radical (unpaired) electrons. The highest BCUT2D eigenvalue weighted by Gasteiger charge is 2.27. The van der Waals surface area contributed by atoms with Crippen LogP contribution in [0.5, 0.6) is 0 Å². The molecule has 1 aliphatic carbocycles. The number of terminal acetylenes is 1. The summed E-state index contributed by atoms with van der Waals surface area (Å²) in [6.45, 7) is 9.30. The average Bonchev–Trinajstić information content (AvgIpc) is 2.56. The van der Waals surface area contributed by atoms with E-state index in [2.05, 4.69) is 17.2 Å². The Morgan fingerprint density at radius 3 is 2.17 bits per heavy atom. The zero-order valence-electron chi connectivity index (χ0n) is 15.7. The molecule has 0 aromatic carbocycles. The molecule has 23 heavy (non-hydrogen) atoms. The Hall–Kier alpha value is -1.01. The van der Waals surface area contributed by atoms with Gasteiger partial charge in [0.15, 0.2) is 0 Å². The lowest BCUT2D eigenvalue weighted by Crippen LogP contribution is -2.47. The largest absolute Gasteiger partial charge is 0.342 e. The molecule has 0 N–H and O–H groups in total. The maximum absolute atomic E-state index is 12.1. The van der Waals surface area contributed by atoms with Gasteiger partial charge < -0.3 is 9.80 Å². The monoisotopic (exact) mass is 320 g/mol. The van der Waals surface area contributed by atoms with Crippen LogP contribution in [0.2, 0.25) is 0 Å². The Labute approximate surface area is 143 Å². The average molecular weight is 321 g/mol. The van der Waals surface area contributed by atoms with E-state index in [1.54, 1.807) is 6.92 Å². The fraction of sp³-hybridized carbons (Fsp3) is 0.850. The van der Waals surface area contributed by atoms with Crippen molar-refractivity contribution in [3.8, 4) is 12.3 Å². The van der Waals surface area contributed by atoms with Crippen LogP contribution in [-0.4, -0.2) is 48.4 Å². The van der Waals surface area contributed by atoms with Gasteiger partial charge in [0.05, 0.1) is 0 Å². The molecule has 3 nitrogen and oxygen atoms in total. The summed E-state index contributed by atoms with van der Waals surface area (Å²) in [4.78, 5) is 16.7. The van der Waals surface area contributed by atoms with E-state index < -0.39 is 0 Å². The number of carbonyl (C=O) groups excluding carboxylic acids is 1. The maximum atomic E-state index is 12.1. The maximum Gasteiger partial charge on any atom is 0.225 e. The van der Waals surface area contributed by atoms with Gasteiger partial charge in [-0.1, -0.05) is 33.1 Å². The Kier molecular flexibility index (Phi) is 9.33. The van der Waals surface area contributed by atoms with Gasteiger partial charge in [0.1, 0.15) is 0 Å². The predicted octanol–water partition coefficient (Wildman–Crippen LogP) is 3.79. The van der Waals surface area contributed by atoms with Gasteiger partial charge in [-0.05, 0) is 38.5 Å². The lowest BCUT2D eigenvalue weighted by atomic mass is 9.88. The van der Waals surface area contributed by atoms with E-state index in [-0.39, 0.29) is 5.92 Å². The number of piperidine rings is 1. The Morgan fingerprint density at radius 2 is 1.70 bits per heavy atom. The number of amides is 1. The summed E-state index contributed by atoms with van der Waals surface area (Å²) in [5.74, 6) is 3.62. The smallest absolute Gasteiger partial charge is 0.225 e. The fourth-order valence-electron chi connectivity index (χ4n) is 3.81. The molecule has 0 aromatic heterocycles. The Morgan fingerprint density at radius 1 is 1.17 bits per heavy atom. The van der Waals surface area contributed by atoms with Crippen LogP contribution in [0.4, 0.5) is 0 Å². The van der Waals surface area contributed by atoms with Crippen molar-refractivity contribution in [2.45, 2.75) is 71.8 Å². The highest BCUT2D eigenvalue weighted by Crippen LogP contribution is 2.26. The number of carbonyl (C=O) groups is 1. The standard InChI is InChI=1S/C17H32N2O.C3H4/c1-14(2)17(20)18(3)16-9-11-19(12-10-16)13-15-7-5-4-6-8-15;1-3-2/h14-16H,4-13H2,1-3H3;1H,2H3. The predicted molar refractivity (Wildman–Crippen MR) is 98.2 cm³/mol. The summed E-state index contributed by atoms with van der Waals surface area (Å²) in [5, 5.41) is 0. The molecule has 132 valence electrons. The molecule has 1 saturated heterocycles. The third-order valence-corrected chi connectivity index (χ3v) is 5.19. The van der Waals surface area contributed by atoms with Crippen LogP contribution >= 0.6 is 0 Å². The van der Waals surface area contributed by atoms with Gasteiger partial charge in [0.25, 0.3) is 0 Å². The van der Waals surface area contributed by atoms with Crippen molar-refractivity contribution in [2.24, 2.45) is 11.8 Å². The van der Waals surface area contributed by atoms with E-state index in [0.717, 1.165) is 18.8 Å². The molecule has 0 aromatic rings. The third kappa shape index (κ3) is 6.96. The highest BCUT2D eigenvalue weighted by molar-refractivity contribution is 5.78. The van der Waals surface area contributed by atoms with Gasteiger partial charge in [0.2, 0.25) is 5.91 Å². The molecular formula is C20H36N2O. The molecule has 0 unspecified atom stereocenters. The lowest BCUT2D eigenvalue weighted by Gasteiger charge is -2.39. The number of hydrogen-bond acceptors (Lipinski definition) is 2. The van der Waals surface area contributed by atoms with Crippen LogP contribution in [0, 0.1) is 24.2 Å².